The Kier molecular flexibility index (Phi) is 5.46. The minimum absolute atomic E-state index is 0.00970. The highest BCUT2D eigenvalue weighted by Crippen LogP contribution is 2.50. The molecule has 0 spiro atoms. The summed E-state index contributed by atoms with van der Waals surface area (Å²) in [7, 11) is 1.64. The third-order valence-corrected chi connectivity index (χ3v) is 4.47. The lowest BCUT2D eigenvalue weighted by atomic mass is 9.92. The van der Waals surface area contributed by atoms with E-state index in [9.17, 15) is 4.79 Å². The summed E-state index contributed by atoms with van der Waals surface area (Å²) in [5.74, 6) is 0.254. The maximum atomic E-state index is 11.7. The Bertz CT molecular complexity index is 503. The number of esters is 1. The number of ether oxygens (including phenoxy) is 3. The summed E-state index contributed by atoms with van der Waals surface area (Å²) in [6.07, 6.45) is 10.6. The molecule has 0 amide bonds. The molecule has 0 radical (unpaired) electrons. The standard InChI is InChI=1S/C18H26O4/c1-5-21-17(19)13(2)9-16-11-15-10-14(7-6-8-20-4)12-18(15,3)22-16/h6-9,15-16H,5,10-12H2,1-4H3/b8-6+,13-9+,14-7+/t15-,16+,18-/m0/s1. The van der Waals surface area contributed by atoms with E-state index in [-0.39, 0.29) is 17.7 Å². The molecule has 0 unspecified atom stereocenters. The van der Waals surface area contributed by atoms with Crippen LogP contribution in [0.3, 0.4) is 0 Å². The fourth-order valence-corrected chi connectivity index (χ4v) is 3.42. The highest BCUT2D eigenvalue weighted by Gasteiger charge is 2.49. The number of rotatable bonds is 5. The molecule has 3 atom stereocenters. The molecule has 4 nitrogen and oxygen atoms in total. The summed E-state index contributed by atoms with van der Waals surface area (Å²) in [5, 5.41) is 0. The second-order valence-corrected chi connectivity index (χ2v) is 6.24. The lowest BCUT2D eigenvalue weighted by molar-refractivity contribution is -0.138. The van der Waals surface area contributed by atoms with Crippen molar-refractivity contribution in [3.63, 3.8) is 0 Å². The molecule has 2 rings (SSSR count). The molecule has 2 fully saturated rings. The van der Waals surface area contributed by atoms with Gasteiger partial charge in [0.1, 0.15) is 0 Å². The van der Waals surface area contributed by atoms with Crippen molar-refractivity contribution in [3.8, 4) is 0 Å². The number of hydrogen-bond acceptors (Lipinski definition) is 4. The molecule has 2 aliphatic rings. The minimum atomic E-state index is -0.251. The monoisotopic (exact) mass is 306 g/mol. The molecule has 1 aliphatic heterocycles. The van der Waals surface area contributed by atoms with Gasteiger partial charge in [-0.25, -0.2) is 4.79 Å². The van der Waals surface area contributed by atoms with Crippen LogP contribution in [-0.2, 0) is 19.0 Å². The molecule has 0 aromatic rings. The first kappa shape index (κ1) is 16.8. The third-order valence-electron chi connectivity index (χ3n) is 4.47. The second-order valence-electron chi connectivity index (χ2n) is 6.24. The van der Waals surface area contributed by atoms with E-state index in [1.165, 1.54) is 5.57 Å². The van der Waals surface area contributed by atoms with Gasteiger partial charge < -0.3 is 14.2 Å². The molecule has 1 saturated carbocycles. The van der Waals surface area contributed by atoms with Crippen LogP contribution in [0.5, 0.6) is 0 Å². The van der Waals surface area contributed by atoms with Crippen LogP contribution in [0, 0.1) is 5.92 Å². The zero-order chi connectivity index (χ0) is 16.2. The first-order valence-electron chi connectivity index (χ1n) is 7.89. The van der Waals surface area contributed by atoms with Gasteiger partial charge >= 0.3 is 5.97 Å². The van der Waals surface area contributed by atoms with Gasteiger partial charge in [-0.1, -0.05) is 11.6 Å². The summed E-state index contributed by atoms with van der Waals surface area (Å²) in [6, 6.07) is 0. The minimum Gasteiger partial charge on any atom is -0.504 e. The molecular formula is C18H26O4. The predicted molar refractivity (Wildman–Crippen MR) is 85.2 cm³/mol. The molecule has 4 heteroatoms. The van der Waals surface area contributed by atoms with E-state index < -0.39 is 0 Å². The first-order chi connectivity index (χ1) is 10.5. The number of carbonyl (C=O) groups excluding carboxylic acids is 1. The molecular weight excluding hydrogens is 280 g/mol. The van der Waals surface area contributed by atoms with Crippen molar-refractivity contribution in [2.75, 3.05) is 13.7 Å². The Hall–Kier alpha value is -1.55. The normalized spacial score (nSPS) is 33.5. The van der Waals surface area contributed by atoms with Crippen LogP contribution in [0.1, 0.15) is 40.0 Å². The van der Waals surface area contributed by atoms with Crippen molar-refractivity contribution < 1.29 is 19.0 Å². The predicted octanol–water partition coefficient (Wildman–Crippen LogP) is 3.54. The fourth-order valence-electron chi connectivity index (χ4n) is 3.42. The Morgan fingerprint density at radius 2 is 2.27 bits per heavy atom. The SMILES string of the molecule is CCOC(=O)/C(C)=C/[C@@H]1C[C@@H]2C/C(=C\C=C\OC)C[C@]2(C)O1. The van der Waals surface area contributed by atoms with Crippen molar-refractivity contribution in [1.29, 1.82) is 0 Å². The van der Waals surface area contributed by atoms with Crippen LogP contribution in [0.25, 0.3) is 0 Å². The van der Waals surface area contributed by atoms with Crippen molar-refractivity contribution >= 4 is 5.97 Å². The van der Waals surface area contributed by atoms with Crippen LogP contribution < -0.4 is 0 Å². The van der Waals surface area contributed by atoms with Crippen LogP contribution >= 0.6 is 0 Å². The molecule has 1 saturated heterocycles. The van der Waals surface area contributed by atoms with Crippen molar-refractivity contribution in [2.45, 2.75) is 51.7 Å². The molecule has 22 heavy (non-hydrogen) atoms. The smallest absolute Gasteiger partial charge is 0.333 e. The number of hydrogen-bond donors (Lipinski definition) is 0. The third kappa shape index (κ3) is 3.80. The molecule has 1 heterocycles. The van der Waals surface area contributed by atoms with E-state index >= 15 is 0 Å². The zero-order valence-electron chi connectivity index (χ0n) is 13.9. The summed E-state index contributed by atoms with van der Waals surface area (Å²) < 4.78 is 16.2. The Labute approximate surface area is 132 Å². The highest BCUT2D eigenvalue weighted by atomic mass is 16.5. The van der Waals surface area contributed by atoms with E-state index in [1.807, 2.05) is 19.1 Å². The van der Waals surface area contributed by atoms with Gasteiger partial charge in [0.15, 0.2) is 0 Å². The zero-order valence-corrected chi connectivity index (χ0v) is 13.9. The van der Waals surface area contributed by atoms with E-state index in [1.54, 1.807) is 20.3 Å². The Balaban J connectivity index is 1.97. The van der Waals surface area contributed by atoms with E-state index in [0.717, 1.165) is 19.3 Å². The average molecular weight is 306 g/mol. The number of methoxy groups -OCH3 is 1. The molecule has 1 aliphatic carbocycles. The molecule has 0 aromatic carbocycles. The van der Waals surface area contributed by atoms with E-state index in [4.69, 9.17) is 14.2 Å². The second kappa shape index (κ2) is 7.14. The van der Waals surface area contributed by atoms with Gasteiger partial charge in [-0.15, -0.1) is 0 Å². The fraction of sp³-hybridized carbons (Fsp3) is 0.611. The average Bonchev–Trinajstić information content (AvgIpc) is 2.90. The summed E-state index contributed by atoms with van der Waals surface area (Å²) in [5.41, 5.74) is 1.91. The molecule has 0 aromatic heterocycles. The number of fused-ring (bicyclic) bond motifs is 1. The highest BCUT2D eigenvalue weighted by molar-refractivity contribution is 5.87. The summed E-state index contributed by atoms with van der Waals surface area (Å²) in [6.45, 7) is 6.18. The quantitative estimate of drug-likeness (QED) is 0.443. The topological polar surface area (TPSA) is 44.8 Å². The van der Waals surface area contributed by atoms with Crippen molar-refractivity contribution in [1.82, 2.24) is 0 Å². The van der Waals surface area contributed by atoms with Gasteiger partial charge in [0, 0.05) is 5.57 Å². The Morgan fingerprint density at radius 3 is 2.91 bits per heavy atom. The largest absolute Gasteiger partial charge is 0.504 e. The number of carbonyl (C=O) groups is 1. The molecule has 122 valence electrons. The molecule has 0 bridgehead atoms. The van der Waals surface area contributed by atoms with E-state index in [2.05, 4.69) is 13.0 Å². The van der Waals surface area contributed by atoms with Crippen LogP contribution in [0.15, 0.2) is 35.6 Å². The van der Waals surface area contributed by atoms with Gasteiger partial charge in [0.2, 0.25) is 0 Å². The summed E-state index contributed by atoms with van der Waals surface area (Å²) >= 11 is 0. The molecule has 0 N–H and O–H groups in total. The lowest BCUT2D eigenvalue weighted by Crippen LogP contribution is -2.26. The van der Waals surface area contributed by atoms with Gasteiger partial charge in [0.05, 0.1) is 31.7 Å². The van der Waals surface area contributed by atoms with Crippen LogP contribution in [0.2, 0.25) is 0 Å². The number of allylic oxidation sites excluding steroid dienone is 2. The maximum absolute atomic E-state index is 11.7. The van der Waals surface area contributed by atoms with Crippen molar-refractivity contribution in [3.05, 3.63) is 35.6 Å². The van der Waals surface area contributed by atoms with Crippen LogP contribution in [-0.4, -0.2) is 31.4 Å². The van der Waals surface area contributed by atoms with Gasteiger partial charge in [-0.3, -0.25) is 0 Å². The lowest BCUT2D eigenvalue weighted by Gasteiger charge is -2.23. The van der Waals surface area contributed by atoms with Gasteiger partial charge in [-0.05, 0) is 58.1 Å². The first-order valence-corrected chi connectivity index (χ1v) is 7.89. The van der Waals surface area contributed by atoms with Gasteiger partial charge in [0.25, 0.3) is 0 Å². The Morgan fingerprint density at radius 1 is 1.50 bits per heavy atom. The van der Waals surface area contributed by atoms with E-state index in [0.29, 0.717) is 18.1 Å². The van der Waals surface area contributed by atoms with Crippen molar-refractivity contribution in [2.24, 2.45) is 5.92 Å². The summed E-state index contributed by atoms with van der Waals surface area (Å²) in [4.78, 5) is 11.7. The van der Waals surface area contributed by atoms with Gasteiger partial charge in [-0.2, -0.15) is 0 Å². The maximum Gasteiger partial charge on any atom is 0.333 e. The van der Waals surface area contributed by atoms with Crippen LogP contribution in [0.4, 0.5) is 0 Å².